The Kier molecular flexibility index (Phi) is 4.82. The average Bonchev–Trinajstić information content (AvgIpc) is 2.93. The van der Waals surface area contributed by atoms with Crippen LogP contribution in [0.5, 0.6) is 5.75 Å². The lowest BCUT2D eigenvalue weighted by molar-refractivity contribution is 0.0526. The summed E-state index contributed by atoms with van der Waals surface area (Å²) in [7, 11) is 1.78. The third-order valence-corrected chi connectivity index (χ3v) is 3.33. The number of aliphatic hydroxyl groups is 1. The first-order valence-electron chi connectivity index (χ1n) is 7.15. The molecule has 0 aliphatic carbocycles. The molecule has 1 unspecified atom stereocenters. The van der Waals surface area contributed by atoms with Gasteiger partial charge in [0.25, 0.3) is 5.91 Å². The van der Waals surface area contributed by atoms with Crippen molar-refractivity contribution in [3.05, 3.63) is 47.8 Å². The number of benzene rings is 1. The zero-order chi connectivity index (χ0) is 16.2. The minimum absolute atomic E-state index is 0.0936. The molecule has 0 aliphatic rings. The van der Waals surface area contributed by atoms with Crippen LogP contribution < -0.4 is 10.1 Å². The van der Waals surface area contributed by atoms with E-state index in [-0.39, 0.29) is 12.5 Å². The van der Waals surface area contributed by atoms with Crippen molar-refractivity contribution in [1.82, 2.24) is 15.1 Å². The summed E-state index contributed by atoms with van der Waals surface area (Å²) in [5.74, 6) is 0.389. The van der Waals surface area contributed by atoms with Crippen LogP contribution in [0.15, 0.2) is 36.7 Å². The minimum atomic E-state index is -1.18. The van der Waals surface area contributed by atoms with Gasteiger partial charge in [0.15, 0.2) is 0 Å². The molecule has 1 aromatic carbocycles. The van der Waals surface area contributed by atoms with Crippen LogP contribution in [0.25, 0.3) is 0 Å². The first-order valence-corrected chi connectivity index (χ1v) is 7.15. The van der Waals surface area contributed by atoms with Gasteiger partial charge in [-0.15, -0.1) is 0 Å². The fraction of sp³-hybridized carbons (Fsp3) is 0.375. The molecule has 1 heterocycles. The molecule has 2 rings (SSSR count). The number of nitrogens with one attached hydrogen (secondary N) is 1. The quantitative estimate of drug-likeness (QED) is 0.847. The van der Waals surface area contributed by atoms with Gasteiger partial charge in [0.05, 0.1) is 19.3 Å². The third kappa shape index (κ3) is 3.85. The highest BCUT2D eigenvalue weighted by molar-refractivity contribution is 5.94. The Morgan fingerprint density at radius 2 is 2.27 bits per heavy atom. The normalized spacial score (nSPS) is 13.5. The van der Waals surface area contributed by atoms with Gasteiger partial charge in [0, 0.05) is 24.4 Å². The molecule has 2 N–H and O–H groups in total. The number of rotatable bonds is 6. The van der Waals surface area contributed by atoms with E-state index in [1.165, 1.54) is 0 Å². The van der Waals surface area contributed by atoms with E-state index in [1.54, 1.807) is 55.3 Å². The van der Waals surface area contributed by atoms with Crippen LogP contribution in [-0.2, 0) is 12.6 Å². The molecule has 1 aromatic heterocycles. The molecule has 1 amide bonds. The molecule has 0 aliphatic heterocycles. The second-order valence-electron chi connectivity index (χ2n) is 5.32. The lowest BCUT2D eigenvalue weighted by atomic mass is 9.99. The molecule has 0 saturated heterocycles. The van der Waals surface area contributed by atoms with Gasteiger partial charge in [-0.05, 0) is 32.0 Å². The molecule has 118 valence electrons. The maximum atomic E-state index is 12.2. The van der Waals surface area contributed by atoms with Gasteiger partial charge in [-0.25, -0.2) is 0 Å². The molecule has 0 bridgehead atoms. The smallest absolute Gasteiger partial charge is 0.251 e. The van der Waals surface area contributed by atoms with Crippen molar-refractivity contribution in [2.24, 2.45) is 7.05 Å². The lowest BCUT2D eigenvalue weighted by Gasteiger charge is -2.22. The highest BCUT2D eigenvalue weighted by Crippen LogP contribution is 2.19. The summed E-state index contributed by atoms with van der Waals surface area (Å²) in [5, 5.41) is 17.2. The number of ether oxygens (including phenoxy) is 1. The second kappa shape index (κ2) is 6.62. The monoisotopic (exact) mass is 303 g/mol. The summed E-state index contributed by atoms with van der Waals surface area (Å²) in [5.41, 5.74) is -0.0344. The van der Waals surface area contributed by atoms with Crippen LogP contribution in [0.3, 0.4) is 0 Å². The number of aryl methyl sites for hydroxylation is 1. The minimum Gasteiger partial charge on any atom is -0.494 e. The Labute approximate surface area is 129 Å². The van der Waals surface area contributed by atoms with E-state index in [1.807, 2.05) is 6.92 Å². The van der Waals surface area contributed by atoms with Gasteiger partial charge in [-0.1, -0.05) is 6.07 Å². The molecule has 0 radical (unpaired) electrons. The number of aromatic nitrogens is 2. The molecular weight excluding hydrogens is 282 g/mol. The first kappa shape index (κ1) is 16.0. The van der Waals surface area contributed by atoms with Crippen molar-refractivity contribution in [2.45, 2.75) is 19.4 Å². The second-order valence-corrected chi connectivity index (χ2v) is 5.32. The molecule has 2 aromatic rings. The van der Waals surface area contributed by atoms with Gasteiger partial charge in [-0.2, -0.15) is 5.10 Å². The Morgan fingerprint density at radius 3 is 2.91 bits per heavy atom. The zero-order valence-corrected chi connectivity index (χ0v) is 13.0. The number of nitrogens with zero attached hydrogens (tertiary/aromatic N) is 2. The molecular formula is C16H21N3O3. The van der Waals surface area contributed by atoms with E-state index in [0.717, 1.165) is 0 Å². The topological polar surface area (TPSA) is 76.4 Å². The van der Waals surface area contributed by atoms with E-state index in [9.17, 15) is 9.90 Å². The summed E-state index contributed by atoms with van der Waals surface area (Å²) in [4.78, 5) is 12.2. The van der Waals surface area contributed by atoms with Crippen LogP contribution in [0.1, 0.15) is 29.8 Å². The molecule has 0 spiro atoms. The summed E-state index contributed by atoms with van der Waals surface area (Å²) < 4.78 is 6.98. The first-order chi connectivity index (χ1) is 10.4. The van der Waals surface area contributed by atoms with Crippen LogP contribution in [-0.4, -0.2) is 33.9 Å². The van der Waals surface area contributed by atoms with Gasteiger partial charge in [0.2, 0.25) is 0 Å². The van der Waals surface area contributed by atoms with Crippen LogP contribution in [0.4, 0.5) is 0 Å². The van der Waals surface area contributed by atoms with E-state index in [2.05, 4.69) is 10.4 Å². The van der Waals surface area contributed by atoms with E-state index in [4.69, 9.17) is 4.74 Å². The SMILES string of the molecule is CCOc1cccc(C(=O)NCC(C)(O)c2cnn(C)c2)c1. The lowest BCUT2D eigenvalue weighted by Crippen LogP contribution is -2.38. The summed E-state index contributed by atoms with van der Waals surface area (Å²) >= 11 is 0. The molecule has 1 atom stereocenters. The van der Waals surface area contributed by atoms with Gasteiger partial charge < -0.3 is 15.2 Å². The third-order valence-electron chi connectivity index (χ3n) is 3.33. The predicted octanol–water partition coefficient (Wildman–Crippen LogP) is 1.46. The van der Waals surface area contributed by atoms with E-state index >= 15 is 0 Å². The van der Waals surface area contributed by atoms with Crippen LogP contribution >= 0.6 is 0 Å². The highest BCUT2D eigenvalue weighted by atomic mass is 16.5. The molecule has 0 saturated carbocycles. The van der Waals surface area contributed by atoms with Gasteiger partial charge in [-0.3, -0.25) is 9.48 Å². The highest BCUT2D eigenvalue weighted by Gasteiger charge is 2.25. The zero-order valence-electron chi connectivity index (χ0n) is 13.0. The van der Waals surface area contributed by atoms with Crippen molar-refractivity contribution >= 4 is 5.91 Å². The van der Waals surface area contributed by atoms with Gasteiger partial charge >= 0.3 is 0 Å². The summed E-state index contributed by atoms with van der Waals surface area (Å²) in [6.07, 6.45) is 3.31. The molecule has 22 heavy (non-hydrogen) atoms. The summed E-state index contributed by atoms with van der Waals surface area (Å²) in [6, 6.07) is 6.94. The van der Waals surface area contributed by atoms with Crippen molar-refractivity contribution in [2.75, 3.05) is 13.2 Å². The maximum Gasteiger partial charge on any atom is 0.251 e. The number of hydrogen-bond donors (Lipinski definition) is 2. The fourth-order valence-corrected chi connectivity index (χ4v) is 2.05. The molecule has 6 heteroatoms. The van der Waals surface area contributed by atoms with Crippen molar-refractivity contribution in [1.29, 1.82) is 0 Å². The Hall–Kier alpha value is -2.34. The maximum absolute atomic E-state index is 12.2. The van der Waals surface area contributed by atoms with Gasteiger partial charge in [0.1, 0.15) is 11.4 Å². The standard InChI is InChI=1S/C16H21N3O3/c1-4-22-14-7-5-6-12(8-14)15(20)17-11-16(2,21)13-9-18-19(3)10-13/h5-10,21H,4,11H2,1-3H3,(H,17,20). The Morgan fingerprint density at radius 1 is 1.50 bits per heavy atom. The van der Waals surface area contributed by atoms with Crippen molar-refractivity contribution in [3.63, 3.8) is 0 Å². The van der Waals surface area contributed by atoms with Crippen molar-refractivity contribution < 1.29 is 14.6 Å². The van der Waals surface area contributed by atoms with Crippen molar-refractivity contribution in [3.8, 4) is 5.75 Å². The fourth-order valence-electron chi connectivity index (χ4n) is 2.05. The number of carbonyl (C=O) groups excluding carboxylic acids is 1. The van der Waals surface area contributed by atoms with Crippen LogP contribution in [0, 0.1) is 0 Å². The molecule has 0 fully saturated rings. The van der Waals surface area contributed by atoms with E-state index in [0.29, 0.717) is 23.5 Å². The van der Waals surface area contributed by atoms with E-state index < -0.39 is 5.60 Å². The number of hydrogen-bond acceptors (Lipinski definition) is 4. The predicted molar refractivity (Wildman–Crippen MR) is 82.7 cm³/mol. The molecule has 6 nitrogen and oxygen atoms in total. The average molecular weight is 303 g/mol. The largest absolute Gasteiger partial charge is 0.494 e. The van der Waals surface area contributed by atoms with Crippen LogP contribution in [0.2, 0.25) is 0 Å². The Balaban J connectivity index is 2.01. The Bertz CT molecular complexity index is 650. The number of amides is 1. The summed E-state index contributed by atoms with van der Waals surface area (Å²) in [6.45, 7) is 4.16. The number of carbonyl (C=O) groups is 1.